The lowest BCUT2D eigenvalue weighted by molar-refractivity contribution is 0.703. The molecular formula is C17H28Si. The molecule has 0 spiro atoms. The van der Waals surface area contributed by atoms with Crippen molar-refractivity contribution in [3.8, 4) is 0 Å². The normalized spacial score (nSPS) is 14.4. The van der Waals surface area contributed by atoms with E-state index in [4.69, 9.17) is 0 Å². The van der Waals surface area contributed by atoms with Gasteiger partial charge in [-0.2, -0.15) is 0 Å². The molecule has 0 N–H and O–H groups in total. The summed E-state index contributed by atoms with van der Waals surface area (Å²) in [7, 11) is -1.46. The minimum absolute atomic E-state index is 0.376. The molecule has 0 saturated heterocycles. The van der Waals surface area contributed by atoms with E-state index in [1.54, 1.807) is 0 Å². The Balaban J connectivity index is 3.40. The van der Waals surface area contributed by atoms with Crippen LogP contribution in [0.15, 0.2) is 30.9 Å². The topological polar surface area (TPSA) is 0 Å². The van der Waals surface area contributed by atoms with Crippen LogP contribution in [0.5, 0.6) is 0 Å². The highest BCUT2D eigenvalue weighted by molar-refractivity contribution is 6.81. The lowest BCUT2D eigenvalue weighted by atomic mass is 10.00. The van der Waals surface area contributed by atoms with Crippen LogP contribution in [0.25, 0.3) is 0 Å². The Morgan fingerprint density at radius 2 is 1.56 bits per heavy atom. The molecule has 0 heterocycles. The van der Waals surface area contributed by atoms with Crippen molar-refractivity contribution in [2.24, 2.45) is 0 Å². The van der Waals surface area contributed by atoms with Crippen LogP contribution in [0.2, 0.25) is 18.1 Å². The van der Waals surface area contributed by atoms with E-state index in [9.17, 15) is 0 Å². The van der Waals surface area contributed by atoms with Crippen LogP contribution in [-0.2, 0) is 0 Å². The molecule has 1 heteroatoms. The zero-order valence-corrected chi connectivity index (χ0v) is 14.1. The first-order chi connectivity index (χ1) is 8.13. The third-order valence-electron chi connectivity index (χ3n) is 4.80. The van der Waals surface area contributed by atoms with E-state index in [1.807, 2.05) is 0 Å². The smallest absolute Gasteiger partial charge is 0.0649 e. The van der Waals surface area contributed by atoms with E-state index in [-0.39, 0.29) is 0 Å². The molecule has 0 amide bonds. The molecule has 0 aliphatic rings. The number of allylic oxidation sites excluding steroid dienone is 1. The van der Waals surface area contributed by atoms with Crippen LogP contribution in [0.3, 0.4) is 0 Å². The van der Waals surface area contributed by atoms with Crippen molar-refractivity contribution in [3.63, 3.8) is 0 Å². The van der Waals surface area contributed by atoms with E-state index < -0.39 is 8.07 Å². The fourth-order valence-corrected chi connectivity index (χ4v) is 5.26. The van der Waals surface area contributed by atoms with Gasteiger partial charge >= 0.3 is 0 Å². The standard InChI is InChI=1S/C17H28Si/c1-9-15(18(7,8)17(4,5)6)16-13(2)11-10-12-14(16)3/h9-12,15H,1H2,2-8H3. The maximum absolute atomic E-state index is 4.13. The van der Waals surface area contributed by atoms with Crippen molar-refractivity contribution >= 4 is 8.07 Å². The Morgan fingerprint density at radius 1 is 1.11 bits per heavy atom. The zero-order valence-electron chi connectivity index (χ0n) is 13.1. The SMILES string of the molecule is C=CC(c1c(C)cccc1C)[Si](C)(C)C(C)(C)C. The van der Waals surface area contributed by atoms with Gasteiger partial charge in [-0.15, -0.1) is 6.58 Å². The lowest BCUT2D eigenvalue weighted by Gasteiger charge is -2.43. The fraction of sp³-hybridized carbons (Fsp3) is 0.529. The van der Waals surface area contributed by atoms with Crippen LogP contribution < -0.4 is 0 Å². The Labute approximate surface area is 114 Å². The van der Waals surface area contributed by atoms with Crippen molar-refractivity contribution in [3.05, 3.63) is 47.5 Å². The Kier molecular flexibility index (Phi) is 4.27. The van der Waals surface area contributed by atoms with Gasteiger partial charge in [-0.1, -0.05) is 58.1 Å². The third-order valence-corrected chi connectivity index (χ3v) is 10.7. The first kappa shape index (κ1) is 15.2. The van der Waals surface area contributed by atoms with Gasteiger partial charge in [0.1, 0.15) is 0 Å². The molecule has 0 bridgehead atoms. The molecular weight excluding hydrogens is 232 g/mol. The van der Waals surface area contributed by atoms with Gasteiger partial charge < -0.3 is 0 Å². The molecule has 0 aromatic heterocycles. The van der Waals surface area contributed by atoms with E-state index in [1.165, 1.54) is 16.7 Å². The summed E-state index contributed by atoms with van der Waals surface area (Å²) < 4.78 is 0. The summed E-state index contributed by atoms with van der Waals surface area (Å²) in [6.07, 6.45) is 2.19. The van der Waals surface area contributed by atoms with Gasteiger partial charge in [-0.3, -0.25) is 0 Å². The average Bonchev–Trinajstić information content (AvgIpc) is 2.21. The molecule has 0 nitrogen and oxygen atoms in total. The molecule has 0 aliphatic heterocycles. The van der Waals surface area contributed by atoms with Crippen LogP contribution in [0.1, 0.15) is 43.0 Å². The van der Waals surface area contributed by atoms with Crippen LogP contribution in [0, 0.1) is 13.8 Å². The van der Waals surface area contributed by atoms with Crippen LogP contribution in [0.4, 0.5) is 0 Å². The summed E-state index contributed by atoms with van der Waals surface area (Å²) in [4.78, 5) is 0. The molecule has 0 saturated carbocycles. The second kappa shape index (κ2) is 5.04. The lowest BCUT2D eigenvalue weighted by Crippen LogP contribution is -2.43. The Morgan fingerprint density at radius 3 is 1.89 bits per heavy atom. The van der Waals surface area contributed by atoms with Crippen molar-refractivity contribution in [1.82, 2.24) is 0 Å². The van der Waals surface area contributed by atoms with Gasteiger partial charge in [0.05, 0.1) is 8.07 Å². The van der Waals surface area contributed by atoms with E-state index in [2.05, 4.69) is 78.6 Å². The minimum Gasteiger partial charge on any atom is -0.103 e. The molecule has 1 atom stereocenters. The van der Waals surface area contributed by atoms with E-state index in [0.717, 1.165) is 0 Å². The number of hydrogen-bond donors (Lipinski definition) is 0. The minimum atomic E-state index is -1.46. The highest BCUT2D eigenvalue weighted by Gasteiger charge is 2.42. The summed E-state index contributed by atoms with van der Waals surface area (Å²) in [6.45, 7) is 20.7. The molecule has 18 heavy (non-hydrogen) atoms. The largest absolute Gasteiger partial charge is 0.103 e. The van der Waals surface area contributed by atoms with Crippen LogP contribution in [-0.4, -0.2) is 8.07 Å². The summed E-state index contributed by atoms with van der Waals surface area (Å²) in [5, 5.41) is 0.376. The fourth-order valence-electron chi connectivity index (χ4n) is 2.56. The molecule has 0 fully saturated rings. The summed E-state index contributed by atoms with van der Waals surface area (Å²) in [5.41, 5.74) is 4.85. The number of benzene rings is 1. The van der Waals surface area contributed by atoms with Gasteiger partial charge in [0, 0.05) is 0 Å². The van der Waals surface area contributed by atoms with E-state index in [0.29, 0.717) is 10.6 Å². The van der Waals surface area contributed by atoms with Crippen molar-refractivity contribution in [1.29, 1.82) is 0 Å². The molecule has 1 unspecified atom stereocenters. The molecule has 100 valence electrons. The van der Waals surface area contributed by atoms with Crippen molar-refractivity contribution < 1.29 is 0 Å². The summed E-state index contributed by atoms with van der Waals surface area (Å²) >= 11 is 0. The van der Waals surface area contributed by atoms with Gasteiger partial charge in [0.15, 0.2) is 0 Å². The highest BCUT2D eigenvalue weighted by atomic mass is 28.3. The second-order valence-corrected chi connectivity index (χ2v) is 12.6. The van der Waals surface area contributed by atoms with Crippen molar-refractivity contribution in [2.45, 2.75) is 58.3 Å². The quantitative estimate of drug-likeness (QED) is 0.489. The predicted molar refractivity (Wildman–Crippen MR) is 86.1 cm³/mol. The summed E-state index contributed by atoms with van der Waals surface area (Å²) in [5.74, 6) is 0. The molecule has 0 aliphatic carbocycles. The Bertz CT molecular complexity index is 415. The van der Waals surface area contributed by atoms with Gasteiger partial charge in [-0.05, 0) is 41.1 Å². The molecule has 1 aromatic rings. The van der Waals surface area contributed by atoms with Crippen LogP contribution >= 0.6 is 0 Å². The molecule has 0 radical (unpaired) electrons. The van der Waals surface area contributed by atoms with Gasteiger partial charge in [0.2, 0.25) is 0 Å². The van der Waals surface area contributed by atoms with E-state index >= 15 is 0 Å². The van der Waals surface area contributed by atoms with Gasteiger partial charge in [0.25, 0.3) is 0 Å². The highest BCUT2D eigenvalue weighted by Crippen LogP contribution is 2.46. The number of rotatable bonds is 3. The maximum atomic E-state index is 4.13. The monoisotopic (exact) mass is 260 g/mol. The first-order valence-electron chi connectivity index (χ1n) is 6.81. The first-order valence-corrected chi connectivity index (χ1v) is 9.89. The summed E-state index contributed by atoms with van der Waals surface area (Å²) in [6, 6.07) is 6.61. The number of hydrogen-bond acceptors (Lipinski definition) is 0. The molecule has 1 aromatic carbocycles. The van der Waals surface area contributed by atoms with Gasteiger partial charge in [-0.25, -0.2) is 0 Å². The Hall–Kier alpha value is -0.823. The third kappa shape index (κ3) is 2.61. The maximum Gasteiger partial charge on any atom is 0.0649 e. The number of aryl methyl sites for hydroxylation is 2. The molecule has 1 rings (SSSR count). The second-order valence-electron chi connectivity index (χ2n) is 6.99. The zero-order chi connectivity index (χ0) is 14.1. The average molecular weight is 260 g/mol. The van der Waals surface area contributed by atoms with Crippen molar-refractivity contribution in [2.75, 3.05) is 0 Å². The predicted octanol–water partition coefficient (Wildman–Crippen LogP) is 5.62.